The molecule has 1 aromatic heterocycles. The van der Waals surface area contributed by atoms with Crippen LogP contribution in [-0.2, 0) is 32.0 Å². The minimum Gasteiger partial charge on any atom is -0.462 e. The highest BCUT2D eigenvalue weighted by Gasteiger charge is 2.29. The Hall–Kier alpha value is -2.34. The number of aryl methyl sites for hydroxylation is 1. The van der Waals surface area contributed by atoms with Crippen molar-refractivity contribution in [3.8, 4) is 0 Å². The highest BCUT2D eigenvalue weighted by atomic mass is 16.5. The van der Waals surface area contributed by atoms with Gasteiger partial charge in [0.05, 0.1) is 11.8 Å². The number of carbonyl (C=O) groups excluding carboxylic acids is 2. The SMILES string of the molecule is CCCCCCCCC(CCCCCCCC)OC(=O)CCCCCCCN(CCCCCCCC(=O)OC(CCCCCCCC)CCCCCCCC)CCc1cn(CCC2=C[C@@H](O)[C@@H](O)[C@H](O)C2)nn1. The number of carbonyl (C=O) groups is 2. The molecule has 0 aromatic carbocycles. The van der Waals surface area contributed by atoms with Crippen molar-refractivity contribution in [3.63, 3.8) is 0 Å². The predicted octanol–water partition coefficient (Wildman–Crippen LogP) is 15.4. The first-order valence-corrected chi connectivity index (χ1v) is 31.4. The number of rotatable bonds is 52. The Morgan fingerprint density at radius 3 is 1.33 bits per heavy atom. The second-order valence-electron chi connectivity index (χ2n) is 22.4. The quantitative estimate of drug-likeness (QED) is 0.0327. The van der Waals surface area contributed by atoms with Crippen molar-refractivity contribution in [3.05, 3.63) is 23.5 Å². The fourth-order valence-electron chi connectivity index (χ4n) is 10.5. The number of aliphatic hydroxyl groups is 3. The summed E-state index contributed by atoms with van der Waals surface area (Å²) in [5.74, 6) is -0.000446. The lowest BCUT2D eigenvalue weighted by molar-refractivity contribution is -0.151. The molecule has 0 amide bonds. The molecule has 1 aromatic rings. The molecule has 0 bridgehead atoms. The lowest BCUT2D eigenvalue weighted by Gasteiger charge is -2.27. The van der Waals surface area contributed by atoms with Gasteiger partial charge in [0.15, 0.2) is 0 Å². The van der Waals surface area contributed by atoms with Gasteiger partial charge >= 0.3 is 11.9 Å². The van der Waals surface area contributed by atoms with Crippen LogP contribution in [0.15, 0.2) is 17.8 Å². The minimum atomic E-state index is -1.13. The average Bonchev–Trinajstić information content (AvgIpc) is 3.84. The Labute approximate surface area is 448 Å². The third-order valence-corrected chi connectivity index (χ3v) is 15.4. The van der Waals surface area contributed by atoms with E-state index < -0.39 is 18.3 Å². The summed E-state index contributed by atoms with van der Waals surface area (Å²) in [6.07, 6.45) is 48.7. The van der Waals surface area contributed by atoms with Crippen LogP contribution in [-0.4, -0.2) is 97.3 Å². The Morgan fingerprint density at radius 2 is 0.918 bits per heavy atom. The number of aliphatic hydroxyl groups excluding tert-OH is 3. The summed E-state index contributed by atoms with van der Waals surface area (Å²) in [4.78, 5) is 28.6. The van der Waals surface area contributed by atoms with Crippen LogP contribution in [0.25, 0.3) is 0 Å². The third-order valence-electron chi connectivity index (χ3n) is 15.4. The molecule has 3 N–H and O–H groups in total. The molecule has 2 rings (SSSR count). The molecule has 0 saturated heterocycles. The Balaban J connectivity index is 1.81. The lowest BCUT2D eigenvalue weighted by atomic mass is 9.91. The van der Waals surface area contributed by atoms with Crippen LogP contribution in [0.1, 0.15) is 303 Å². The van der Waals surface area contributed by atoms with Crippen LogP contribution in [0.4, 0.5) is 0 Å². The van der Waals surface area contributed by atoms with E-state index in [0.29, 0.717) is 32.2 Å². The van der Waals surface area contributed by atoms with Gasteiger partial charge in [0.25, 0.3) is 0 Å². The molecule has 11 nitrogen and oxygen atoms in total. The number of esters is 2. The lowest BCUT2D eigenvalue weighted by Crippen LogP contribution is -2.39. The van der Waals surface area contributed by atoms with Gasteiger partial charge in [-0.15, -0.1) is 5.10 Å². The van der Waals surface area contributed by atoms with Gasteiger partial charge < -0.3 is 29.7 Å². The number of hydrogen-bond donors (Lipinski definition) is 3. The van der Waals surface area contributed by atoms with Crippen molar-refractivity contribution in [2.24, 2.45) is 0 Å². The molecule has 0 radical (unpaired) electrons. The smallest absolute Gasteiger partial charge is 0.306 e. The monoisotopic (exact) mass is 1030 g/mol. The van der Waals surface area contributed by atoms with Gasteiger partial charge in [-0.3, -0.25) is 14.3 Å². The summed E-state index contributed by atoms with van der Waals surface area (Å²) in [6, 6.07) is 0. The van der Waals surface area contributed by atoms with E-state index in [2.05, 4.69) is 42.9 Å². The summed E-state index contributed by atoms with van der Waals surface area (Å²) in [6.45, 7) is 12.6. The third kappa shape index (κ3) is 37.1. The molecule has 3 atom stereocenters. The van der Waals surface area contributed by atoms with E-state index in [0.717, 1.165) is 153 Å². The molecule has 0 unspecified atom stereocenters. The standard InChI is InChI=1S/C62H116N4O7/c1-5-9-13-17-23-31-39-56(40-32-24-18-14-10-6-2)72-60(69)43-35-27-21-29-37-47-65(49-46-55-53-66(64-63-55)50-45-54-51-58(67)62(71)59(68)52-54)48-38-30-22-28-36-44-61(70)73-57(41-33-25-19-15-11-7-3)42-34-26-20-16-12-8-4/h51,53,56-59,62,67-68,71H,5-50,52H2,1-4H3/t58-,59-,62-/m1/s1. The summed E-state index contributed by atoms with van der Waals surface area (Å²) >= 11 is 0. The van der Waals surface area contributed by atoms with Crippen LogP contribution < -0.4 is 0 Å². The molecular formula is C62H116N4O7. The van der Waals surface area contributed by atoms with Gasteiger partial charge in [0.1, 0.15) is 24.4 Å². The zero-order valence-electron chi connectivity index (χ0n) is 48.0. The molecule has 1 aliphatic carbocycles. The summed E-state index contributed by atoms with van der Waals surface area (Å²) in [5, 5.41) is 39.0. The van der Waals surface area contributed by atoms with E-state index >= 15 is 0 Å². The van der Waals surface area contributed by atoms with Gasteiger partial charge in [-0.2, -0.15) is 0 Å². The van der Waals surface area contributed by atoms with Crippen molar-refractivity contribution in [1.29, 1.82) is 0 Å². The fraction of sp³-hybridized carbons (Fsp3) is 0.903. The largest absolute Gasteiger partial charge is 0.462 e. The van der Waals surface area contributed by atoms with Crippen molar-refractivity contribution >= 4 is 11.9 Å². The van der Waals surface area contributed by atoms with Crippen molar-refractivity contribution in [2.45, 2.75) is 341 Å². The Morgan fingerprint density at radius 1 is 0.534 bits per heavy atom. The Bertz CT molecular complexity index is 1360. The molecular weight excluding hydrogens is 913 g/mol. The zero-order valence-corrected chi connectivity index (χ0v) is 48.0. The second kappa shape index (κ2) is 46.9. The maximum absolute atomic E-state index is 13.0. The number of nitrogens with zero attached hydrogens (tertiary/aromatic N) is 4. The van der Waals surface area contributed by atoms with Gasteiger partial charge in [0, 0.05) is 38.5 Å². The molecule has 73 heavy (non-hydrogen) atoms. The highest BCUT2D eigenvalue weighted by Crippen LogP contribution is 2.24. The van der Waals surface area contributed by atoms with E-state index in [1.165, 1.54) is 128 Å². The molecule has 11 heteroatoms. The van der Waals surface area contributed by atoms with E-state index in [9.17, 15) is 24.9 Å². The van der Waals surface area contributed by atoms with Crippen molar-refractivity contribution in [2.75, 3.05) is 19.6 Å². The number of ether oxygens (including phenoxy) is 2. The van der Waals surface area contributed by atoms with Gasteiger partial charge in [-0.25, -0.2) is 0 Å². The molecule has 0 aliphatic heterocycles. The number of unbranched alkanes of at least 4 members (excludes halogenated alkanes) is 28. The van der Waals surface area contributed by atoms with Crippen LogP contribution >= 0.6 is 0 Å². The van der Waals surface area contributed by atoms with E-state index in [1.807, 2.05) is 10.9 Å². The summed E-state index contributed by atoms with van der Waals surface area (Å²) in [7, 11) is 0. The first-order chi connectivity index (χ1) is 35.7. The fourth-order valence-corrected chi connectivity index (χ4v) is 10.5. The summed E-state index contributed by atoms with van der Waals surface area (Å²) in [5.41, 5.74) is 1.88. The van der Waals surface area contributed by atoms with Crippen LogP contribution in [0.2, 0.25) is 0 Å². The number of aromatic nitrogens is 3. The number of hydrogen-bond acceptors (Lipinski definition) is 10. The minimum absolute atomic E-state index is 0.000223. The van der Waals surface area contributed by atoms with Crippen LogP contribution in [0, 0.1) is 0 Å². The summed E-state index contributed by atoms with van der Waals surface area (Å²) < 4.78 is 14.1. The topological polar surface area (TPSA) is 147 Å². The van der Waals surface area contributed by atoms with Crippen molar-refractivity contribution < 1.29 is 34.4 Å². The molecule has 426 valence electrons. The van der Waals surface area contributed by atoms with Crippen LogP contribution in [0.3, 0.4) is 0 Å². The Kier molecular flexibility index (Phi) is 42.9. The van der Waals surface area contributed by atoms with Gasteiger partial charge in [-0.1, -0.05) is 211 Å². The predicted molar refractivity (Wildman–Crippen MR) is 303 cm³/mol. The maximum atomic E-state index is 13.0. The highest BCUT2D eigenvalue weighted by molar-refractivity contribution is 5.69. The van der Waals surface area contributed by atoms with E-state index in [4.69, 9.17) is 9.47 Å². The first-order valence-electron chi connectivity index (χ1n) is 31.4. The average molecular weight is 1030 g/mol. The molecule has 0 spiro atoms. The normalized spacial score (nSPS) is 16.0. The molecule has 0 fully saturated rings. The van der Waals surface area contributed by atoms with Gasteiger partial charge in [-0.05, 0) is 103 Å². The second-order valence-corrected chi connectivity index (χ2v) is 22.4. The van der Waals surface area contributed by atoms with Gasteiger partial charge in [0.2, 0.25) is 0 Å². The molecule has 1 aliphatic rings. The first kappa shape index (κ1) is 66.8. The zero-order chi connectivity index (χ0) is 52.8. The van der Waals surface area contributed by atoms with Crippen molar-refractivity contribution in [1.82, 2.24) is 19.9 Å². The molecule has 0 saturated carbocycles. The van der Waals surface area contributed by atoms with Crippen LogP contribution in [0.5, 0.6) is 0 Å². The van der Waals surface area contributed by atoms with E-state index in [1.54, 1.807) is 6.08 Å². The molecule has 1 heterocycles. The maximum Gasteiger partial charge on any atom is 0.306 e. The van der Waals surface area contributed by atoms with E-state index in [-0.39, 0.29) is 24.1 Å².